The van der Waals surface area contributed by atoms with E-state index in [2.05, 4.69) is 43.4 Å². The first kappa shape index (κ1) is 18.2. The zero-order valence-electron chi connectivity index (χ0n) is 13.8. The van der Waals surface area contributed by atoms with Crippen molar-refractivity contribution in [2.45, 2.75) is 58.9 Å². The molecule has 1 amide bonds. The minimum atomic E-state index is -0.810. The highest BCUT2D eigenvalue weighted by atomic mass is 16.4. The summed E-state index contributed by atoms with van der Waals surface area (Å²) in [4.78, 5) is 22.2. The maximum Gasteiger partial charge on any atom is 0.303 e. The lowest BCUT2D eigenvalue weighted by atomic mass is 10.00. The van der Waals surface area contributed by atoms with Gasteiger partial charge >= 0.3 is 5.97 Å². The number of carboxylic acid groups (broad SMARTS) is 1. The highest BCUT2D eigenvalue weighted by Gasteiger charge is 2.10. The second-order valence-corrected chi connectivity index (χ2v) is 6.23. The zero-order valence-corrected chi connectivity index (χ0v) is 13.8. The molecular weight excluding hydrogens is 278 g/mol. The first-order valence-electron chi connectivity index (χ1n) is 7.98. The number of hydrogen-bond acceptors (Lipinski definition) is 2. The lowest BCUT2D eigenvalue weighted by Gasteiger charge is -2.15. The first-order chi connectivity index (χ1) is 10.4. The summed E-state index contributed by atoms with van der Waals surface area (Å²) in [5, 5.41) is 11.5. The predicted molar refractivity (Wildman–Crippen MR) is 87.6 cm³/mol. The minimum absolute atomic E-state index is 0.0239. The van der Waals surface area contributed by atoms with E-state index in [1.165, 1.54) is 5.56 Å². The maximum absolute atomic E-state index is 11.8. The Morgan fingerprint density at radius 1 is 1.05 bits per heavy atom. The van der Waals surface area contributed by atoms with Crippen molar-refractivity contribution in [1.29, 1.82) is 0 Å². The van der Waals surface area contributed by atoms with Crippen molar-refractivity contribution in [3.05, 3.63) is 35.4 Å². The van der Waals surface area contributed by atoms with Crippen LogP contribution in [0.2, 0.25) is 0 Å². The topological polar surface area (TPSA) is 66.4 Å². The largest absolute Gasteiger partial charge is 0.481 e. The summed E-state index contributed by atoms with van der Waals surface area (Å²) in [5.74, 6) is -0.201. The van der Waals surface area contributed by atoms with Gasteiger partial charge in [0.1, 0.15) is 0 Å². The van der Waals surface area contributed by atoms with Gasteiger partial charge in [-0.25, -0.2) is 0 Å². The summed E-state index contributed by atoms with van der Waals surface area (Å²) >= 11 is 0. The Hall–Kier alpha value is -1.84. The number of aliphatic carboxylic acids is 1. The summed E-state index contributed by atoms with van der Waals surface area (Å²) < 4.78 is 0. The van der Waals surface area contributed by atoms with Gasteiger partial charge in [0.25, 0.3) is 0 Å². The fourth-order valence-electron chi connectivity index (χ4n) is 2.37. The van der Waals surface area contributed by atoms with E-state index in [-0.39, 0.29) is 18.4 Å². The Labute approximate surface area is 132 Å². The van der Waals surface area contributed by atoms with E-state index >= 15 is 0 Å². The second-order valence-electron chi connectivity index (χ2n) is 6.23. The molecule has 2 N–H and O–H groups in total. The van der Waals surface area contributed by atoms with Gasteiger partial charge in [-0.15, -0.1) is 0 Å². The fourth-order valence-corrected chi connectivity index (χ4v) is 2.37. The molecule has 1 rings (SSSR count). The Morgan fingerprint density at radius 3 is 2.18 bits per heavy atom. The molecule has 0 aliphatic heterocycles. The van der Waals surface area contributed by atoms with Gasteiger partial charge in [-0.3, -0.25) is 9.59 Å². The number of nitrogens with one attached hydrogen (secondary N) is 1. The van der Waals surface area contributed by atoms with Crippen molar-refractivity contribution in [1.82, 2.24) is 5.32 Å². The van der Waals surface area contributed by atoms with Gasteiger partial charge in [0.15, 0.2) is 0 Å². The van der Waals surface area contributed by atoms with E-state index in [0.29, 0.717) is 25.2 Å². The van der Waals surface area contributed by atoms with Crippen molar-refractivity contribution in [2.75, 3.05) is 0 Å². The molecule has 122 valence electrons. The molecule has 0 aromatic heterocycles. The molecule has 1 aromatic rings. The van der Waals surface area contributed by atoms with Crippen molar-refractivity contribution in [3.63, 3.8) is 0 Å². The van der Waals surface area contributed by atoms with Crippen LogP contribution in [-0.4, -0.2) is 17.0 Å². The van der Waals surface area contributed by atoms with E-state index in [9.17, 15) is 9.59 Å². The number of rotatable bonds is 9. The third kappa shape index (κ3) is 7.25. The molecule has 4 heteroatoms. The first-order valence-corrected chi connectivity index (χ1v) is 7.98. The maximum atomic E-state index is 11.8. The number of carbonyl (C=O) groups is 2. The molecule has 0 heterocycles. The van der Waals surface area contributed by atoms with Crippen LogP contribution in [0.4, 0.5) is 0 Å². The van der Waals surface area contributed by atoms with E-state index in [4.69, 9.17) is 5.11 Å². The molecular formula is C18H27NO3. The third-order valence-electron chi connectivity index (χ3n) is 3.55. The normalized spacial score (nSPS) is 12.2. The van der Waals surface area contributed by atoms with Gasteiger partial charge in [-0.05, 0) is 43.2 Å². The highest BCUT2D eigenvalue weighted by Crippen LogP contribution is 2.16. The quantitative estimate of drug-likeness (QED) is 0.683. The summed E-state index contributed by atoms with van der Waals surface area (Å²) in [6.07, 6.45) is 2.72. The van der Waals surface area contributed by atoms with Gasteiger partial charge in [-0.2, -0.15) is 0 Å². The zero-order chi connectivity index (χ0) is 16.5. The SMILES string of the molecule is CC(C)Cc1ccc(C(C)NC(=O)CCCCC(=O)O)cc1. The van der Waals surface area contributed by atoms with Crippen LogP contribution < -0.4 is 5.32 Å². The lowest BCUT2D eigenvalue weighted by molar-refractivity contribution is -0.137. The second kappa shape index (κ2) is 9.23. The van der Waals surface area contributed by atoms with Crippen LogP contribution in [-0.2, 0) is 16.0 Å². The standard InChI is InChI=1S/C18H27NO3/c1-13(2)12-15-8-10-16(11-9-15)14(3)19-17(20)6-4-5-7-18(21)22/h8-11,13-14H,4-7,12H2,1-3H3,(H,19,20)(H,21,22). The molecule has 1 atom stereocenters. The summed E-state index contributed by atoms with van der Waals surface area (Å²) in [7, 11) is 0. The molecule has 0 aliphatic carbocycles. The highest BCUT2D eigenvalue weighted by molar-refractivity contribution is 5.76. The molecule has 0 spiro atoms. The van der Waals surface area contributed by atoms with Crippen molar-refractivity contribution >= 4 is 11.9 Å². The minimum Gasteiger partial charge on any atom is -0.481 e. The van der Waals surface area contributed by atoms with Gasteiger partial charge in [0, 0.05) is 12.8 Å². The number of hydrogen-bond donors (Lipinski definition) is 2. The van der Waals surface area contributed by atoms with Crippen LogP contribution in [0.15, 0.2) is 24.3 Å². The smallest absolute Gasteiger partial charge is 0.303 e. The predicted octanol–water partition coefficient (Wildman–Crippen LogP) is 3.71. The number of carboxylic acids is 1. The molecule has 0 saturated carbocycles. The third-order valence-corrected chi connectivity index (χ3v) is 3.55. The molecule has 0 radical (unpaired) electrons. The van der Waals surface area contributed by atoms with Crippen LogP contribution in [0.3, 0.4) is 0 Å². The Balaban J connectivity index is 2.39. The lowest BCUT2D eigenvalue weighted by Crippen LogP contribution is -2.26. The van der Waals surface area contributed by atoms with Crippen LogP contribution >= 0.6 is 0 Å². The average molecular weight is 305 g/mol. The van der Waals surface area contributed by atoms with Crippen molar-refractivity contribution in [2.24, 2.45) is 5.92 Å². The molecule has 0 fully saturated rings. The fraction of sp³-hybridized carbons (Fsp3) is 0.556. The molecule has 0 bridgehead atoms. The summed E-state index contributed by atoms with van der Waals surface area (Å²) in [6, 6.07) is 8.33. The molecule has 4 nitrogen and oxygen atoms in total. The van der Waals surface area contributed by atoms with Crippen LogP contribution in [0.1, 0.15) is 63.6 Å². The monoisotopic (exact) mass is 305 g/mol. The van der Waals surface area contributed by atoms with E-state index in [1.54, 1.807) is 0 Å². The van der Waals surface area contributed by atoms with Crippen LogP contribution in [0.25, 0.3) is 0 Å². The Morgan fingerprint density at radius 2 is 1.64 bits per heavy atom. The average Bonchev–Trinajstić information content (AvgIpc) is 2.43. The number of unbranched alkanes of at least 4 members (excludes halogenated alkanes) is 1. The summed E-state index contributed by atoms with van der Waals surface area (Å²) in [5.41, 5.74) is 2.40. The Bertz CT molecular complexity index is 480. The van der Waals surface area contributed by atoms with Gasteiger partial charge < -0.3 is 10.4 Å². The number of benzene rings is 1. The van der Waals surface area contributed by atoms with Crippen LogP contribution in [0.5, 0.6) is 0 Å². The van der Waals surface area contributed by atoms with Crippen LogP contribution in [0, 0.1) is 5.92 Å². The van der Waals surface area contributed by atoms with Crippen molar-refractivity contribution < 1.29 is 14.7 Å². The van der Waals surface area contributed by atoms with Gasteiger partial charge in [0.05, 0.1) is 6.04 Å². The number of carbonyl (C=O) groups excluding carboxylic acids is 1. The van der Waals surface area contributed by atoms with E-state index in [1.807, 2.05) is 6.92 Å². The Kier molecular flexibility index (Phi) is 7.64. The van der Waals surface area contributed by atoms with Gasteiger partial charge in [-0.1, -0.05) is 38.1 Å². The molecule has 1 aromatic carbocycles. The van der Waals surface area contributed by atoms with E-state index < -0.39 is 5.97 Å². The van der Waals surface area contributed by atoms with Gasteiger partial charge in [0.2, 0.25) is 5.91 Å². The molecule has 1 unspecified atom stereocenters. The van der Waals surface area contributed by atoms with E-state index in [0.717, 1.165) is 12.0 Å². The number of amides is 1. The molecule has 0 saturated heterocycles. The molecule has 0 aliphatic rings. The summed E-state index contributed by atoms with van der Waals surface area (Å²) in [6.45, 7) is 6.36. The molecule has 22 heavy (non-hydrogen) atoms. The van der Waals surface area contributed by atoms with Crippen molar-refractivity contribution in [3.8, 4) is 0 Å².